The topological polar surface area (TPSA) is 39.7 Å². The Bertz CT molecular complexity index is 522. The van der Waals surface area contributed by atoms with Crippen molar-refractivity contribution in [3.8, 4) is 0 Å². The molecular formula is C18H30F2N4. The summed E-state index contributed by atoms with van der Waals surface area (Å²) in [5.41, 5.74) is 0.365. The second kappa shape index (κ2) is 10.2. The fraction of sp³-hybridized carbons (Fsp3) is 0.611. The summed E-state index contributed by atoms with van der Waals surface area (Å²) in [6.07, 6.45) is 0.397. The largest absolute Gasteiger partial charge is 0.356 e. The minimum Gasteiger partial charge on any atom is -0.356 e. The molecule has 0 amide bonds. The van der Waals surface area contributed by atoms with Crippen LogP contribution in [0, 0.1) is 11.6 Å². The molecule has 2 N–H and O–H groups in total. The Balaban J connectivity index is 2.39. The van der Waals surface area contributed by atoms with Crippen LogP contribution in [0.3, 0.4) is 0 Å². The predicted molar refractivity (Wildman–Crippen MR) is 96.4 cm³/mol. The summed E-state index contributed by atoms with van der Waals surface area (Å²) in [6.45, 7) is 10.9. The lowest BCUT2D eigenvalue weighted by atomic mass is 10.1. The van der Waals surface area contributed by atoms with Crippen molar-refractivity contribution < 1.29 is 8.78 Å². The maximum Gasteiger partial charge on any atom is 0.191 e. The van der Waals surface area contributed by atoms with E-state index in [1.165, 1.54) is 6.07 Å². The van der Waals surface area contributed by atoms with E-state index in [2.05, 4.69) is 48.2 Å². The highest BCUT2D eigenvalue weighted by molar-refractivity contribution is 5.79. The molecule has 0 fully saturated rings. The lowest BCUT2D eigenvalue weighted by molar-refractivity contribution is 0.178. The monoisotopic (exact) mass is 340 g/mol. The quantitative estimate of drug-likeness (QED) is 0.565. The Morgan fingerprint density at radius 1 is 1.08 bits per heavy atom. The number of rotatable bonds is 8. The van der Waals surface area contributed by atoms with Crippen LogP contribution in [0.4, 0.5) is 8.78 Å². The van der Waals surface area contributed by atoms with Gasteiger partial charge in [-0.2, -0.15) is 0 Å². The molecule has 1 aromatic carbocycles. The molecule has 0 aliphatic carbocycles. The minimum atomic E-state index is -0.420. The molecule has 0 bridgehead atoms. The molecular weight excluding hydrogens is 310 g/mol. The lowest BCUT2D eigenvalue weighted by Crippen LogP contribution is -2.45. The van der Waals surface area contributed by atoms with Crippen LogP contribution in [-0.4, -0.2) is 49.6 Å². The van der Waals surface area contributed by atoms with E-state index >= 15 is 0 Å². The first-order valence-electron chi connectivity index (χ1n) is 8.49. The van der Waals surface area contributed by atoms with Gasteiger partial charge < -0.3 is 10.6 Å². The lowest BCUT2D eigenvalue weighted by Gasteiger charge is -2.30. The summed E-state index contributed by atoms with van der Waals surface area (Å²) in [7, 11) is 1.70. The van der Waals surface area contributed by atoms with E-state index in [9.17, 15) is 8.78 Å². The van der Waals surface area contributed by atoms with Crippen LogP contribution in [0.15, 0.2) is 23.2 Å². The Hall–Kier alpha value is -1.69. The van der Waals surface area contributed by atoms with Crippen LogP contribution in [-0.2, 0) is 6.42 Å². The molecule has 0 heterocycles. The summed E-state index contributed by atoms with van der Waals surface area (Å²) in [5.74, 6) is -0.138. The van der Waals surface area contributed by atoms with Gasteiger partial charge >= 0.3 is 0 Å². The molecule has 136 valence electrons. The van der Waals surface area contributed by atoms with Crippen molar-refractivity contribution >= 4 is 5.96 Å². The second-order valence-electron chi connectivity index (χ2n) is 6.34. The molecule has 1 aromatic rings. The third-order valence-electron chi connectivity index (χ3n) is 3.91. The third-order valence-corrected chi connectivity index (χ3v) is 3.91. The number of halogens is 2. The average molecular weight is 340 g/mol. The average Bonchev–Trinajstić information content (AvgIpc) is 2.52. The number of nitrogens with one attached hydrogen (secondary N) is 2. The molecule has 0 radical (unpaired) electrons. The summed E-state index contributed by atoms with van der Waals surface area (Å²) < 4.78 is 26.7. The van der Waals surface area contributed by atoms with Gasteiger partial charge in [0.25, 0.3) is 0 Å². The van der Waals surface area contributed by atoms with Crippen molar-refractivity contribution in [2.24, 2.45) is 4.99 Å². The van der Waals surface area contributed by atoms with E-state index in [1.54, 1.807) is 7.05 Å². The summed E-state index contributed by atoms with van der Waals surface area (Å²) in [5, 5.41) is 6.38. The van der Waals surface area contributed by atoms with E-state index in [0.29, 0.717) is 36.6 Å². The van der Waals surface area contributed by atoms with E-state index in [4.69, 9.17) is 0 Å². The third kappa shape index (κ3) is 6.83. The molecule has 0 aliphatic rings. The number of aliphatic imine (C=N–C) groups is 1. The molecule has 4 nitrogen and oxygen atoms in total. The molecule has 0 unspecified atom stereocenters. The van der Waals surface area contributed by atoms with Gasteiger partial charge in [-0.25, -0.2) is 8.78 Å². The highest BCUT2D eigenvalue weighted by Gasteiger charge is 2.12. The van der Waals surface area contributed by atoms with Crippen LogP contribution in [0.2, 0.25) is 0 Å². The van der Waals surface area contributed by atoms with Crippen LogP contribution in [0.5, 0.6) is 0 Å². The SMILES string of the molecule is CN=C(NCCc1cc(F)ccc1F)NCCN(C(C)C)C(C)C. The Morgan fingerprint density at radius 3 is 2.29 bits per heavy atom. The van der Waals surface area contributed by atoms with E-state index in [-0.39, 0.29) is 5.82 Å². The van der Waals surface area contributed by atoms with E-state index < -0.39 is 5.82 Å². The predicted octanol–water partition coefficient (Wildman–Crippen LogP) is 2.79. The number of guanidine groups is 1. The summed E-state index contributed by atoms with van der Waals surface area (Å²) >= 11 is 0. The Morgan fingerprint density at radius 2 is 1.71 bits per heavy atom. The van der Waals surface area contributed by atoms with Gasteiger partial charge in [-0.15, -0.1) is 0 Å². The zero-order chi connectivity index (χ0) is 18.1. The Kier molecular flexibility index (Phi) is 8.68. The zero-order valence-electron chi connectivity index (χ0n) is 15.4. The number of hydrogen-bond acceptors (Lipinski definition) is 2. The van der Waals surface area contributed by atoms with E-state index in [0.717, 1.165) is 25.2 Å². The van der Waals surface area contributed by atoms with Gasteiger partial charge in [-0.05, 0) is 57.9 Å². The molecule has 0 saturated heterocycles. The first-order valence-corrected chi connectivity index (χ1v) is 8.49. The molecule has 0 aromatic heterocycles. The maximum absolute atomic E-state index is 13.6. The van der Waals surface area contributed by atoms with Crippen molar-refractivity contribution in [3.05, 3.63) is 35.4 Å². The first-order chi connectivity index (χ1) is 11.3. The standard InChI is InChI=1S/C18H30F2N4/c1-13(2)24(14(3)4)11-10-23-18(21-5)22-9-8-15-12-16(19)6-7-17(15)20/h6-7,12-14H,8-11H2,1-5H3,(H2,21,22,23). The first kappa shape index (κ1) is 20.4. The maximum atomic E-state index is 13.6. The van der Waals surface area contributed by atoms with Gasteiger partial charge in [-0.1, -0.05) is 0 Å². The molecule has 0 saturated carbocycles. The molecule has 0 aliphatic heterocycles. The number of nitrogens with zero attached hydrogens (tertiary/aromatic N) is 2. The van der Waals surface area contributed by atoms with Crippen LogP contribution < -0.4 is 10.6 Å². The zero-order valence-corrected chi connectivity index (χ0v) is 15.4. The van der Waals surface area contributed by atoms with Crippen molar-refractivity contribution in [2.75, 3.05) is 26.7 Å². The molecule has 6 heteroatoms. The van der Waals surface area contributed by atoms with Crippen LogP contribution in [0.25, 0.3) is 0 Å². The van der Waals surface area contributed by atoms with E-state index in [1.807, 2.05) is 0 Å². The van der Waals surface area contributed by atoms with Crippen molar-refractivity contribution in [2.45, 2.75) is 46.2 Å². The van der Waals surface area contributed by atoms with Crippen molar-refractivity contribution in [1.29, 1.82) is 0 Å². The van der Waals surface area contributed by atoms with Crippen molar-refractivity contribution in [1.82, 2.24) is 15.5 Å². The van der Waals surface area contributed by atoms with Crippen molar-refractivity contribution in [3.63, 3.8) is 0 Å². The number of benzene rings is 1. The fourth-order valence-electron chi connectivity index (χ4n) is 2.69. The number of hydrogen-bond donors (Lipinski definition) is 2. The molecule has 24 heavy (non-hydrogen) atoms. The van der Waals surface area contributed by atoms with Gasteiger partial charge in [0, 0.05) is 38.8 Å². The minimum absolute atomic E-state index is 0.365. The highest BCUT2D eigenvalue weighted by Crippen LogP contribution is 2.09. The second-order valence-corrected chi connectivity index (χ2v) is 6.34. The van der Waals surface area contributed by atoms with Crippen LogP contribution in [0.1, 0.15) is 33.3 Å². The van der Waals surface area contributed by atoms with Gasteiger partial charge in [0.15, 0.2) is 5.96 Å². The fourth-order valence-corrected chi connectivity index (χ4v) is 2.69. The summed E-state index contributed by atoms with van der Waals surface area (Å²) in [4.78, 5) is 6.55. The van der Waals surface area contributed by atoms with Gasteiger partial charge in [0.1, 0.15) is 11.6 Å². The molecule has 0 atom stereocenters. The highest BCUT2D eigenvalue weighted by atomic mass is 19.1. The molecule has 0 spiro atoms. The normalized spacial score (nSPS) is 12.3. The van der Waals surface area contributed by atoms with Gasteiger partial charge in [-0.3, -0.25) is 9.89 Å². The summed E-state index contributed by atoms with van der Waals surface area (Å²) in [6, 6.07) is 4.48. The van der Waals surface area contributed by atoms with Gasteiger partial charge in [0.2, 0.25) is 0 Å². The molecule has 1 rings (SSSR count). The van der Waals surface area contributed by atoms with Gasteiger partial charge in [0.05, 0.1) is 0 Å². The van der Waals surface area contributed by atoms with Crippen LogP contribution >= 0.6 is 0 Å². The Labute approximate surface area is 144 Å². The smallest absolute Gasteiger partial charge is 0.191 e.